The second-order valence-corrected chi connectivity index (χ2v) is 7.14. The molecule has 6 nitrogen and oxygen atoms in total. The van der Waals surface area contributed by atoms with Crippen molar-refractivity contribution in [3.05, 3.63) is 29.8 Å². The van der Waals surface area contributed by atoms with Gasteiger partial charge in [-0.25, -0.2) is 8.42 Å². The first kappa shape index (κ1) is 15.9. The molecule has 1 aromatic carbocycles. The van der Waals surface area contributed by atoms with Crippen molar-refractivity contribution in [1.82, 2.24) is 10.6 Å². The Kier molecular flexibility index (Phi) is 5.33. The van der Waals surface area contributed by atoms with Gasteiger partial charge >= 0.3 is 0 Å². The standard InChI is InChI=1S/C14H20N2O4S/c1-21(18,19)13-4-2-11(3-5-13)9-16-14(17)8-12-10-20-7-6-15-12/h2-5,12,15H,6-10H2,1H3,(H,16,17). The number of morpholine rings is 1. The van der Waals surface area contributed by atoms with Crippen LogP contribution in [0.5, 0.6) is 0 Å². The molecule has 2 rings (SSSR count). The summed E-state index contributed by atoms with van der Waals surface area (Å²) in [4.78, 5) is 12.1. The lowest BCUT2D eigenvalue weighted by Crippen LogP contribution is -2.44. The molecule has 1 aliphatic heterocycles. The predicted octanol–water partition coefficient (Wildman–Crippen LogP) is 0.0848. The Morgan fingerprint density at radius 1 is 1.38 bits per heavy atom. The van der Waals surface area contributed by atoms with Crippen LogP contribution < -0.4 is 10.6 Å². The number of ether oxygens (including phenoxy) is 1. The van der Waals surface area contributed by atoms with Crippen LogP contribution >= 0.6 is 0 Å². The third-order valence-corrected chi connectivity index (χ3v) is 4.40. The van der Waals surface area contributed by atoms with Crippen LogP contribution in [0.3, 0.4) is 0 Å². The Labute approximate surface area is 124 Å². The molecule has 1 aromatic rings. The van der Waals surface area contributed by atoms with E-state index in [0.29, 0.717) is 26.2 Å². The van der Waals surface area contributed by atoms with Crippen LogP contribution in [-0.4, -0.2) is 46.4 Å². The fourth-order valence-corrected chi connectivity index (χ4v) is 2.73. The highest BCUT2D eigenvalue weighted by Gasteiger charge is 2.16. The molecule has 116 valence electrons. The van der Waals surface area contributed by atoms with E-state index in [1.165, 1.54) is 6.26 Å². The fraction of sp³-hybridized carbons (Fsp3) is 0.500. The summed E-state index contributed by atoms with van der Waals surface area (Å²) in [5.41, 5.74) is 0.864. The number of carbonyl (C=O) groups is 1. The summed E-state index contributed by atoms with van der Waals surface area (Å²) < 4.78 is 28.0. The zero-order chi connectivity index (χ0) is 15.3. The predicted molar refractivity (Wildman–Crippen MR) is 78.6 cm³/mol. The monoisotopic (exact) mass is 312 g/mol. The lowest BCUT2D eigenvalue weighted by molar-refractivity contribution is -0.122. The molecule has 0 bridgehead atoms. The molecule has 2 N–H and O–H groups in total. The zero-order valence-electron chi connectivity index (χ0n) is 12.0. The Hall–Kier alpha value is -1.44. The van der Waals surface area contributed by atoms with Crippen molar-refractivity contribution in [1.29, 1.82) is 0 Å². The molecule has 1 saturated heterocycles. The van der Waals surface area contributed by atoms with Gasteiger partial charge in [0, 0.05) is 31.8 Å². The Morgan fingerprint density at radius 2 is 2.10 bits per heavy atom. The van der Waals surface area contributed by atoms with Crippen molar-refractivity contribution in [2.24, 2.45) is 0 Å². The minimum Gasteiger partial charge on any atom is -0.378 e. The first-order chi connectivity index (χ1) is 9.95. The molecule has 0 radical (unpaired) electrons. The van der Waals surface area contributed by atoms with Crippen LogP contribution in [-0.2, 0) is 25.9 Å². The molecule has 1 amide bonds. The first-order valence-electron chi connectivity index (χ1n) is 6.82. The van der Waals surface area contributed by atoms with Crippen LogP contribution in [0.1, 0.15) is 12.0 Å². The number of nitrogens with one attached hydrogen (secondary N) is 2. The van der Waals surface area contributed by atoms with E-state index in [4.69, 9.17) is 4.74 Å². The Balaban J connectivity index is 1.81. The summed E-state index contributed by atoms with van der Waals surface area (Å²) in [5.74, 6) is -0.0508. The van der Waals surface area contributed by atoms with Crippen molar-refractivity contribution in [2.75, 3.05) is 26.0 Å². The second kappa shape index (κ2) is 7.02. The largest absolute Gasteiger partial charge is 0.378 e. The molecular weight excluding hydrogens is 292 g/mol. The topological polar surface area (TPSA) is 84.5 Å². The van der Waals surface area contributed by atoms with E-state index in [-0.39, 0.29) is 16.8 Å². The van der Waals surface area contributed by atoms with Gasteiger partial charge in [-0.2, -0.15) is 0 Å². The highest BCUT2D eigenvalue weighted by molar-refractivity contribution is 7.90. The normalized spacial score (nSPS) is 19.2. The van der Waals surface area contributed by atoms with Crippen LogP contribution in [0.25, 0.3) is 0 Å². The summed E-state index contributed by atoms with van der Waals surface area (Å²) in [6, 6.07) is 6.57. The Morgan fingerprint density at radius 3 is 2.67 bits per heavy atom. The molecule has 1 fully saturated rings. The van der Waals surface area contributed by atoms with Gasteiger partial charge in [0.2, 0.25) is 5.91 Å². The van der Waals surface area contributed by atoms with E-state index >= 15 is 0 Å². The van der Waals surface area contributed by atoms with Crippen LogP contribution in [0.2, 0.25) is 0 Å². The minimum atomic E-state index is -3.18. The van der Waals surface area contributed by atoms with Gasteiger partial charge in [-0.1, -0.05) is 12.1 Å². The van der Waals surface area contributed by atoms with Crippen molar-refractivity contribution in [3.8, 4) is 0 Å². The van der Waals surface area contributed by atoms with Crippen molar-refractivity contribution in [3.63, 3.8) is 0 Å². The van der Waals surface area contributed by atoms with Gasteiger partial charge in [-0.05, 0) is 17.7 Å². The number of benzene rings is 1. The number of rotatable bonds is 5. The molecule has 1 atom stereocenters. The number of hydrogen-bond acceptors (Lipinski definition) is 5. The molecule has 0 spiro atoms. The number of sulfone groups is 1. The maximum absolute atomic E-state index is 11.8. The average Bonchev–Trinajstić information content (AvgIpc) is 2.46. The van der Waals surface area contributed by atoms with E-state index < -0.39 is 9.84 Å². The smallest absolute Gasteiger partial charge is 0.221 e. The maximum Gasteiger partial charge on any atom is 0.221 e. The van der Waals surface area contributed by atoms with Gasteiger partial charge in [0.05, 0.1) is 18.1 Å². The van der Waals surface area contributed by atoms with Gasteiger partial charge in [0.25, 0.3) is 0 Å². The maximum atomic E-state index is 11.8. The van der Waals surface area contributed by atoms with Crippen LogP contribution in [0.15, 0.2) is 29.2 Å². The lowest BCUT2D eigenvalue weighted by atomic mass is 10.2. The highest BCUT2D eigenvalue weighted by atomic mass is 32.2. The molecule has 7 heteroatoms. The molecule has 0 saturated carbocycles. The van der Waals surface area contributed by atoms with Gasteiger partial charge in [-0.3, -0.25) is 4.79 Å². The number of amides is 1. The average molecular weight is 312 g/mol. The number of hydrogen-bond donors (Lipinski definition) is 2. The summed E-state index contributed by atoms with van der Waals surface area (Å²) in [5, 5.41) is 6.04. The van der Waals surface area contributed by atoms with Gasteiger partial charge < -0.3 is 15.4 Å². The summed E-state index contributed by atoms with van der Waals surface area (Å²) in [7, 11) is -3.18. The fourth-order valence-electron chi connectivity index (χ4n) is 2.10. The molecule has 1 unspecified atom stereocenters. The summed E-state index contributed by atoms with van der Waals surface area (Å²) in [6.45, 7) is 2.39. The molecule has 0 aliphatic carbocycles. The number of carbonyl (C=O) groups excluding carboxylic acids is 1. The summed E-state index contributed by atoms with van der Waals surface area (Å²) in [6.07, 6.45) is 1.55. The van der Waals surface area contributed by atoms with Gasteiger partial charge in [0.1, 0.15) is 0 Å². The van der Waals surface area contributed by atoms with E-state index in [9.17, 15) is 13.2 Å². The van der Waals surface area contributed by atoms with Crippen LogP contribution in [0, 0.1) is 0 Å². The molecule has 0 aromatic heterocycles. The lowest BCUT2D eigenvalue weighted by Gasteiger charge is -2.23. The van der Waals surface area contributed by atoms with E-state index in [1.807, 2.05) is 0 Å². The third kappa shape index (κ3) is 5.11. The molecular formula is C14H20N2O4S. The van der Waals surface area contributed by atoms with Crippen LogP contribution in [0.4, 0.5) is 0 Å². The van der Waals surface area contributed by atoms with Crippen molar-refractivity contribution < 1.29 is 17.9 Å². The highest BCUT2D eigenvalue weighted by Crippen LogP contribution is 2.10. The van der Waals surface area contributed by atoms with Gasteiger partial charge in [0.15, 0.2) is 9.84 Å². The van der Waals surface area contributed by atoms with Gasteiger partial charge in [-0.15, -0.1) is 0 Å². The molecule has 1 heterocycles. The summed E-state index contributed by atoms with van der Waals surface area (Å²) >= 11 is 0. The van der Waals surface area contributed by atoms with E-state index in [0.717, 1.165) is 12.1 Å². The SMILES string of the molecule is CS(=O)(=O)c1ccc(CNC(=O)CC2COCCN2)cc1. The van der Waals surface area contributed by atoms with Crippen molar-refractivity contribution >= 4 is 15.7 Å². The molecule has 21 heavy (non-hydrogen) atoms. The minimum absolute atomic E-state index is 0.0508. The van der Waals surface area contributed by atoms with E-state index in [1.54, 1.807) is 24.3 Å². The second-order valence-electron chi connectivity index (χ2n) is 5.12. The quantitative estimate of drug-likeness (QED) is 0.805. The van der Waals surface area contributed by atoms with E-state index in [2.05, 4.69) is 10.6 Å². The van der Waals surface area contributed by atoms with Crippen molar-refractivity contribution in [2.45, 2.75) is 23.9 Å². The Bertz CT molecular complexity index is 577. The third-order valence-electron chi connectivity index (χ3n) is 3.27. The first-order valence-corrected chi connectivity index (χ1v) is 8.71. The molecule has 1 aliphatic rings. The zero-order valence-corrected chi connectivity index (χ0v) is 12.8.